The molecule has 0 N–H and O–H groups in total. The first kappa shape index (κ1) is 11.8. The van der Waals surface area contributed by atoms with Gasteiger partial charge in [-0.3, -0.25) is 0 Å². The van der Waals surface area contributed by atoms with Gasteiger partial charge in [0.15, 0.2) is 5.82 Å². The molecule has 0 unspecified atom stereocenters. The maximum absolute atomic E-state index is 13.7. The first-order valence-corrected chi connectivity index (χ1v) is 5.35. The van der Waals surface area contributed by atoms with Crippen molar-refractivity contribution in [2.45, 2.75) is 6.92 Å². The van der Waals surface area contributed by atoms with Crippen LogP contribution in [0, 0.1) is 18.6 Å². The molecule has 0 bridgehead atoms. The molecule has 1 nitrogen and oxygen atoms in total. The molecule has 16 heavy (non-hydrogen) atoms. The van der Waals surface area contributed by atoms with Gasteiger partial charge < -0.3 is 0 Å². The Labute approximate surface area is 105 Å². The number of hydrogen-bond donors (Lipinski definition) is 0. The molecule has 84 valence electrons. The van der Waals surface area contributed by atoms with E-state index in [-0.39, 0.29) is 21.1 Å². The summed E-state index contributed by atoms with van der Waals surface area (Å²) in [6, 6.07) is 0.998. The lowest BCUT2D eigenvalue weighted by molar-refractivity contribution is 0.592. The highest BCUT2D eigenvalue weighted by molar-refractivity contribution is 6.40. The van der Waals surface area contributed by atoms with Crippen molar-refractivity contribution in [1.82, 2.24) is 4.98 Å². The van der Waals surface area contributed by atoms with Crippen molar-refractivity contribution in [3.8, 4) is 0 Å². The number of aromatic nitrogens is 1. The van der Waals surface area contributed by atoms with Gasteiger partial charge in [0.1, 0.15) is 16.0 Å². The van der Waals surface area contributed by atoms with Gasteiger partial charge in [-0.05, 0) is 6.92 Å². The zero-order chi connectivity index (χ0) is 12.0. The van der Waals surface area contributed by atoms with Crippen LogP contribution < -0.4 is 0 Å². The van der Waals surface area contributed by atoms with Crippen molar-refractivity contribution < 1.29 is 8.78 Å². The van der Waals surface area contributed by atoms with E-state index in [9.17, 15) is 8.78 Å². The van der Waals surface area contributed by atoms with E-state index in [0.717, 1.165) is 6.07 Å². The summed E-state index contributed by atoms with van der Waals surface area (Å²) in [6.07, 6.45) is 0. The van der Waals surface area contributed by atoms with Gasteiger partial charge in [-0.2, -0.15) is 0 Å². The van der Waals surface area contributed by atoms with Crippen LogP contribution in [-0.2, 0) is 0 Å². The Bertz CT molecular complexity index is 550. The van der Waals surface area contributed by atoms with Crippen LogP contribution in [0.4, 0.5) is 8.78 Å². The maximum Gasteiger partial charge on any atom is 0.155 e. The van der Waals surface area contributed by atoms with E-state index in [0.29, 0.717) is 5.56 Å². The van der Waals surface area contributed by atoms with Gasteiger partial charge in [0.05, 0.1) is 15.9 Å². The number of rotatable bonds is 0. The van der Waals surface area contributed by atoms with Crippen LogP contribution in [0.2, 0.25) is 15.2 Å². The third-order valence-corrected chi connectivity index (χ3v) is 3.41. The summed E-state index contributed by atoms with van der Waals surface area (Å²) >= 11 is 17.1. The Morgan fingerprint density at radius 2 is 1.75 bits per heavy atom. The number of fused-ring (bicyclic) bond motifs is 1. The van der Waals surface area contributed by atoms with E-state index in [1.807, 2.05) is 0 Å². The van der Waals surface area contributed by atoms with Crippen LogP contribution in [0.15, 0.2) is 6.07 Å². The van der Waals surface area contributed by atoms with Gasteiger partial charge in [0, 0.05) is 11.6 Å². The van der Waals surface area contributed by atoms with Gasteiger partial charge in [-0.1, -0.05) is 34.8 Å². The third-order valence-electron chi connectivity index (χ3n) is 2.22. The molecular formula is C10H4Cl3F2N. The molecule has 0 saturated carbocycles. The number of nitrogens with zero attached hydrogens (tertiary/aromatic N) is 1. The summed E-state index contributed by atoms with van der Waals surface area (Å²) in [6.45, 7) is 1.59. The van der Waals surface area contributed by atoms with Gasteiger partial charge in [0.2, 0.25) is 0 Å². The van der Waals surface area contributed by atoms with E-state index in [1.54, 1.807) is 6.92 Å². The molecule has 2 aromatic rings. The lowest BCUT2D eigenvalue weighted by atomic mass is 10.1. The smallest absolute Gasteiger partial charge is 0.155 e. The molecule has 0 aliphatic carbocycles. The van der Waals surface area contributed by atoms with Crippen LogP contribution >= 0.6 is 34.8 Å². The highest BCUT2D eigenvalue weighted by Gasteiger charge is 2.18. The van der Waals surface area contributed by atoms with Crippen molar-refractivity contribution in [3.63, 3.8) is 0 Å². The molecule has 0 amide bonds. The molecule has 0 aliphatic rings. The summed E-state index contributed by atoms with van der Waals surface area (Å²) in [7, 11) is 0. The van der Waals surface area contributed by atoms with Gasteiger partial charge in [-0.25, -0.2) is 13.8 Å². The summed E-state index contributed by atoms with van der Waals surface area (Å²) in [5, 5.41) is -0.416. The molecule has 0 aliphatic heterocycles. The molecule has 1 heterocycles. The average molecular weight is 283 g/mol. The van der Waals surface area contributed by atoms with Crippen molar-refractivity contribution >= 4 is 45.7 Å². The Balaban J connectivity index is 3.03. The fourth-order valence-electron chi connectivity index (χ4n) is 1.35. The second-order valence-electron chi connectivity index (χ2n) is 3.22. The van der Waals surface area contributed by atoms with E-state index in [2.05, 4.69) is 4.98 Å². The molecule has 0 fully saturated rings. The molecule has 1 aromatic heterocycles. The Hall–Kier alpha value is -0.640. The topological polar surface area (TPSA) is 12.9 Å². The minimum absolute atomic E-state index is 0.0185. The van der Waals surface area contributed by atoms with Gasteiger partial charge >= 0.3 is 0 Å². The highest BCUT2D eigenvalue weighted by Crippen LogP contribution is 2.35. The average Bonchev–Trinajstić information content (AvgIpc) is 2.23. The molecule has 0 atom stereocenters. The quantitative estimate of drug-likeness (QED) is 0.500. The second-order valence-corrected chi connectivity index (χ2v) is 4.34. The third kappa shape index (κ3) is 1.63. The molecule has 2 rings (SSSR count). The monoisotopic (exact) mass is 281 g/mol. The molecule has 6 heteroatoms. The lowest BCUT2D eigenvalue weighted by Gasteiger charge is -2.08. The molecule has 0 spiro atoms. The molecule has 0 radical (unpaired) electrons. The first-order valence-electron chi connectivity index (χ1n) is 4.22. The largest absolute Gasteiger partial charge is 0.235 e. The van der Waals surface area contributed by atoms with Crippen molar-refractivity contribution in [3.05, 3.63) is 38.5 Å². The number of benzene rings is 1. The Kier molecular flexibility index (Phi) is 2.95. The first-order chi connectivity index (χ1) is 7.43. The fourth-order valence-corrected chi connectivity index (χ4v) is 2.00. The van der Waals surface area contributed by atoms with Crippen molar-refractivity contribution in [2.75, 3.05) is 0 Å². The maximum atomic E-state index is 13.7. The van der Waals surface area contributed by atoms with E-state index >= 15 is 0 Å². The van der Waals surface area contributed by atoms with Crippen LogP contribution in [0.3, 0.4) is 0 Å². The van der Waals surface area contributed by atoms with Crippen LogP contribution in [0.5, 0.6) is 0 Å². The van der Waals surface area contributed by atoms with Crippen LogP contribution in [0.1, 0.15) is 5.56 Å². The minimum atomic E-state index is -0.922. The summed E-state index contributed by atoms with van der Waals surface area (Å²) < 4.78 is 26.9. The van der Waals surface area contributed by atoms with Crippen molar-refractivity contribution in [2.24, 2.45) is 0 Å². The van der Waals surface area contributed by atoms with Gasteiger partial charge in [-0.15, -0.1) is 0 Å². The predicted molar refractivity (Wildman–Crippen MR) is 61.4 cm³/mol. The zero-order valence-electron chi connectivity index (χ0n) is 7.91. The Morgan fingerprint density at radius 1 is 1.12 bits per heavy atom. The number of pyridine rings is 1. The molecule has 1 aromatic carbocycles. The van der Waals surface area contributed by atoms with E-state index in [1.165, 1.54) is 0 Å². The van der Waals surface area contributed by atoms with Crippen molar-refractivity contribution in [1.29, 1.82) is 0 Å². The zero-order valence-corrected chi connectivity index (χ0v) is 10.2. The summed E-state index contributed by atoms with van der Waals surface area (Å²) in [5.41, 5.74) is 0.470. The number of halogens is 5. The van der Waals surface area contributed by atoms with E-state index < -0.39 is 16.7 Å². The summed E-state index contributed by atoms with van der Waals surface area (Å²) in [5.74, 6) is -1.82. The Morgan fingerprint density at radius 3 is 2.38 bits per heavy atom. The SMILES string of the molecule is Cc1c(Cl)nc2cc(F)c(Cl)c(F)c2c1Cl. The molecular weight excluding hydrogens is 278 g/mol. The second kappa shape index (κ2) is 3.99. The van der Waals surface area contributed by atoms with E-state index in [4.69, 9.17) is 34.8 Å². The summed E-state index contributed by atoms with van der Waals surface area (Å²) in [4.78, 5) is 3.84. The fraction of sp³-hybridized carbons (Fsp3) is 0.100. The number of hydrogen-bond acceptors (Lipinski definition) is 1. The standard InChI is InChI=1S/C10H4Cl3F2N/c1-3-7(11)6-5(16-10(3)13)2-4(14)8(12)9(6)15/h2H,1H3. The van der Waals surface area contributed by atoms with Gasteiger partial charge in [0.25, 0.3) is 0 Å². The van der Waals surface area contributed by atoms with Crippen LogP contribution in [0.25, 0.3) is 10.9 Å². The highest BCUT2D eigenvalue weighted by atomic mass is 35.5. The lowest BCUT2D eigenvalue weighted by Crippen LogP contribution is -1.93. The van der Waals surface area contributed by atoms with Crippen LogP contribution in [-0.4, -0.2) is 4.98 Å². The minimum Gasteiger partial charge on any atom is -0.235 e. The normalized spacial score (nSPS) is 11.1. The predicted octanol–water partition coefficient (Wildman–Crippen LogP) is 4.78. The molecule has 0 saturated heterocycles.